The molecule has 8 heteroatoms. The summed E-state index contributed by atoms with van der Waals surface area (Å²) in [5.41, 5.74) is 3.89. The van der Waals surface area contributed by atoms with Gasteiger partial charge in [-0.3, -0.25) is 0 Å². The Labute approximate surface area is 235 Å². The van der Waals surface area contributed by atoms with E-state index in [1.165, 1.54) is 0 Å². The van der Waals surface area contributed by atoms with Crippen LogP contribution in [0.3, 0.4) is 0 Å². The summed E-state index contributed by atoms with van der Waals surface area (Å²) in [5.74, 6) is 1.18. The van der Waals surface area contributed by atoms with Gasteiger partial charge in [0.05, 0.1) is 16.3 Å². The highest BCUT2D eigenvalue weighted by Crippen LogP contribution is 2.32. The van der Waals surface area contributed by atoms with Crippen molar-refractivity contribution in [2.24, 2.45) is 5.92 Å². The Morgan fingerprint density at radius 1 is 0.949 bits per heavy atom. The van der Waals surface area contributed by atoms with E-state index in [9.17, 15) is 8.42 Å². The third-order valence-electron chi connectivity index (χ3n) is 7.54. The van der Waals surface area contributed by atoms with Crippen LogP contribution in [0, 0.1) is 12.8 Å². The van der Waals surface area contributed by atoms with Crippen LogP contribution in [0.2, 0.25) is 0 Å². The first-order valence-corrected chi connectivity index (χ1v) is 15.6. The van der Waals surface area contributed by atoms with Crippen molar-refractivity contribution in [1.82, 2.24) is 19.0 Å². The largest absolute Gasteiger partial charge is 0.354 e. The van der Waals surface area contributed by atoms with Gasteiger partial charge in [-0.2, -0.15) is 9.40 Å². The molecule has 0 aliphatic carbocycles. The maximum absolute atomic E-state index is 14.1. The predicted octanol–water partition coefficient (Wildman–Crippen LogP) is 5.47. The molecule has 7 nitrogen and oxygen atoms in total. The second-order valence-corrected chi connectivity index (χ2v) is 14.0. The second kappa shape index (κ2) is 11.8. The van der Waals surface area contributed by atoms with Crippen LogP contribution in [-0.2, 0) is 22.0 Å². The van der Waals surface area contributed by atoms with Crippen LogP contribution in [-0.4, -0.2) is 66.7 Å². The van der Waals surface area contributed by atoms with Crippen LogP contribution >= 0.6 is 0 Å². The summed E-state index contributed by atoms with van der Waals surface area (Å²) in [6.45, 7) is 20.2. The molecule has 0 N–H and O–H groups in total. The Morgan fingerprint density at radius 2 is 1.56 bits per heavy atom. The first-order valence-electron chi connectivity index (χ1n) is 14.1. The Kier molecular flexibility index (Phi) is 8.88. The molecule has 2 aromatic carbocycles. The lowest BCUT2D eigenvalue weighted by molar-refractivity contribution is 0.269. The van der Waals surface area contributed by atoms with Crippen molar-refractivity contribution < 1.29 is 8.42 Å². The number of rotatable bonds is 9. The molecule has 1 saturated heterocycles. The highest BCUT2D eigenvalue weighted by atomic mass is 32.2. The van der Waals surface area contributed by atoms with Crippen molar-refractivity contribution in [2.45, 2.75) is 65.3 Å². The van der Waals surface area contributed by atoms with E-state index >= 15 is 0 Å². The molecule has 0 unspecified atom stereocenters. The third-order valence-corrected chi connectivity index (χ3v) is 9.36. The molecule has 1 aliphatic rings. The van der Waals surface area contributed by atoms with Crippen molar-refractivity contribution in [3.63, 3.8) is 0 Å². The topological polar surface area (TPSA) is 61.7 Å². The third kappa shape index (κ3) is 6.56. The number of benzene rings is 2. The van der Waals surface area contributed by atoms with E-state index in [2.05, 4.69) is 63.5 Å². The zero-order valence-electron chi connectivity index (χ0n) is 24.7. The van der Waals surface area contributed by atoms with E-state index in [4.69, 9.17) is 5.10 Å². The normalized spacial score (nSPS) is 15.5. The van der Waals surface area contributed by atoms with E-state index in [0.717, 1.165) is 61.0 Å². The van der Waals surface area contributed by atoms with Crippen molar-refractivity contribution >= 4 is 15.8 Å². The molecule has 0 bridgehead atoms. The van der Waals surface area contributed by atoms with Crippen LogP contribution in [0.1, 0.15) is 58.4 Å². The molecule has 1 aromatic heterocycles. The fourth-order valence-corrected chi connectivity index (χ4v) is 6.76. The summed E-state index contributed by atoms with van der Waals surface area (Å²) in [6, 6.07) is 17.5. The fraction of sp³-hybridized carbons (Fsp3) is 0.516. The molecule has 0 amide bonds. The molecule has 1 fully saturated rings. The minimum absolute atomic E-state index is 0.0419. The average Bonchev–Trinajstić information content (AvgIpc) is 3.24. The summed E-state index contributed by atoms with van der Waals surface area (Å²) in [6.07, 6.45) is 0. The Bertz CT molecular complexity index is 1330. The first-order chi connectivity index (χ1) is 18.4. The summed E-state index contributed by atoms with van der Waals surface area (Å²) < 4.78 is 31.8. The summed E-state index contributed by atoms with van der Waals surface area (Å²) in [7, 11) is -3.72. The first kappa shape index (κ1) is 29.3. The SMILES string of the molecule is CCN1CCN(c2c(CN(CC(C)C)S(=O)(=O)c3ccc(C(C)(C)C)cc3)c(C)nn2-c2ccccc2)CC1. The number of likely N-dealkylation sites (N-methyl/N-ethyl adjacent to an activating group) is 1. The lowest BCUT2D eigenvalue weighted by Crippen LogP contribution is -2.47. The van der Waals surface area contributed by atoms with Gasteiger partial charge in [-0.1, -0.05) is 71.9 Å². The van der Waals surface area contributed by atoms with Gasteiger partial charge in [0.25, 0.3) is 0 Å². The quantitative estimate of drug-likeness (QED) is 0.353. The van der Waals surface area contributed by atoms with Gasteiger partial charge in [0.2, 0.25) is 10.0 Å². The van der Waals surface area contributed by atoms with Crippen molar-refractivity contribution in [3.05, 3.63) is 71.4 Å². The van der Waals surface area contributed by atoms with Gasteiger partial charge in [0, 0.05) is 44.8 Å². The molecule has 0 spiro atoms. The van der Waals surface area contributed by atoms with Gasteiger partial charge >= 0.3 is 0 Å². The fourth-order valence-electron chi connectivity index (χ4n) is 5.19. The number of nitrogens with zero attached hydrogens (tertiary/aromatic N) is 5. The molecular formula is C31H45N5O2S. The second-order valence-electron chi connectivity index (χ2n) is 12.0. The minimum atomic E-state index is -3.72. The van der Waals surface area contributed by atoms with Gasteiger partial charge in [-0.05, 0) is 54.6 Å². The maximum atomic E-state index is 14.1. The number of anilines is 1. The summed E-state index contributed by atoms with van der Waals surface area (Å²) in [4.78, 5) is 5.16. The molecule has 2 heterocycles. The number of aromatic nitrogens is 2. The Morgan fingerprint density at radius 3 is 2.10 bits per heavy atom. The van der Waals surface area contributed by atoms with E-state index < -0.39 is 10.0 Å². The molecule has 0 atom stereocenters. The monoisotopic (exact) mass is 551 g/mol. The number of sulfonamides is 1. The van der Waals surface area contributed by atoms with Gasteiger partial charge in [0.1, 0.15) is 5.82 Å². The van der Waals surface area contributed by atoms with Gasteiger partial charge in [0.15, 0.2) is 0 Å². The van der Waals surface area contributed by atoms with Gasteiger partial charge < -0.3 is 9.80 Å². The molecule has 39 heavy (non-hydrogen) atoms. The van der Waals surface area contributed by atoms with Crippen molar-refractivity contribution in [1.29, 1.82) is 0 Å². The van der Waals surface area contributed by atoms with Crippen molar-refractivity contribution in [2.75, 3.05) is 44.2 Å². The smallest absolute Gasteiger partial charge is 0.243 e. The Hall–Kier alpha value is -2.68. The molecule has 212 valence electrons. The highest BCUT2D eigenvalue weighted by Gasteiger charge is 2.31. The summed E-state index contributed by atoms with van der Waals surface area (Å²) in [5, 5.41) is 4.96. The lowest BCUT2D eigenvalue weighted by Gasteiger charge is -2.36. The van der Waals surface area contributed by atoms with Crippen LogP contribution in [0.5, 0.6) is 0 Å². The molecule has 3 aromatic rings. The van der Waals surface area contributed by atoms with Gasteiger partial charge in [-0.25, -0.2) is 13.1 Å². The molecule has 0 saturated carbocycles. The minimum Gasteiger partial charge on any atom is -0.354 e. The number of piperazine rings is 1. The molecule has 1 aliphatic heterocycles. The van der Waals surface area contributed by atoms with E-state index in [1.807, 2.05) is 41.9 Å². The summed E-state index contributed by atoms with van der Waals surface area (Å²) >= 11 is 0. The Balaban J connectivity index is 1.76. The van der Waals surface area contributed by atoms with E-state index in [0.29, 0.717) is 11.4 Å². The van der Waals surface area contributed by atoms with Crippen LogP contribution in [0.4, 0.5) is 5.82 Å². The molecule has 0 radical (unpaired) electrons. The number of para-hydroxylation sites is 1. The number of aryl methyl sites for hydroxylation is 1. The molecular weight excluding hydrogens is 506 g/mol. The van der Waals surface area contributed by atoms with Crippen LogP contribution in [0.25, 0.3) is 5.69 Å². The zero-order chi connectivity index (χ0) is 28.4. The lowest BCUT2D eigenvalue weighted by atomic mass is 9.87. The number of hydrogen-bond donors (Lipinski definition) is 0. The van der Waals surface area contributed by atoms with E-state index in [-0.39, 0.29) is 17.9 Å². The van der Waals surface area contributed by atoms with Crippen LogP contribution in [0.15, 0.2) is 59.5 Å². The van der Waals surface area contributed by atoms with Crippen LogP contribution < -0.4 is 4.90 Å². The standard InChI is InChI=1S/C31H45N5O2S/c1-8-33-18-20-34(21-19-33)30-29(25(4)32-36(30)27-12-10-9-11-13-27)23-35(22-24(2)3)39(37,38)28-16-14-26(15-17-28)31(5,6)7/h9-17,24H,8,18-23H2,1-7H3. The highest BCUT2D eigenvalue weighted by molar-refractivity contribution is 7.89. The van der Waals surface area contributed by atoms with Gasteiger partial charge in [-0.15, -0.1) is 0 Å². The predicted molar refractivity (Wildman–Crippen MR) is 160 cm³/mol. The zero-order valence-corrected chi connectivity index (χ0v) is 25.5. The molecule has 4 rings (SSSR count). The number of hydrogen-bond acceptors (Lipinski definition) is 5. The van der Waals surface area contributed by atoms with Crippen molar-refractivity contribution in [3.8, 4) is 5.69 Å². The average molecular weight is 552 g/mol. The maximum Gasteiger partial charge on any atom is 0.243 e. The van der Waals surface area contributed by atoms with E-state index in [1.54, 1.807) is 16.4 Å².